The number of aromatic amines is 2. The van der Waals surface area contributed by atoms with E-state index in [1.165, 1.54) is 0 Å². The van der Waals surface area contributed by atoms with E-state index in [1.54, 1.807) is 0 Å². The average molecular weight is 297 g/mol. The van der Waals surface area contributed by atoms with Gasteiger partial charge in [-0.05, 0) is 0 Å². The number of carboxylic acids is 1. The van der Waals surface area contributed by atoms with Crippen molar-refractivity contribution in [1.82, 2.24) is 15.3 Å². The summed E-state index contributed by atoms with van der Waals surface area (Å²) in [4.78, 5) is 49.9. The maximum absolute atomic E-state index is 12.0. The Bertz CT molecular complexity index is 627. The Morgan fingerprint density at radius 3 is 2.52 bits per heavy atom. The Kier molecular flexibility index (Phi) is 4.22. The highest BCUT2D eigenvalue weighted by Gasteiger charge is 2.41. The Morgan fingerprint density at radius 1 is 1.29 bits per heavy atom. The molecule has 9 nitrogen and oxygen atoms in total. The summed E-state index contributed by atoms with van der Waals surface area (Å²) in [6, 6.07) is 1.08. The Morgan fingerprint density at radius 2 is 1.95 bits per heavy atom. The number of aliphatic carboxylic acids is 1. The number of amides is 1. The monoisotopic (exact) mass is 297 g/mol. The first kappa shape index (κ1) is 15.0. The maximum atomic E-state index is 12.0. The molecule has 0 bridgehead atoms. The van der Waals surface area contributed by atoms with Crippen LogP contribution in [0.25, 0.3) is 0 Å². The predicted octanol–water partition coefficient (Wildman–Crippen LogP) is -1.64. The van der Waals surface area contributed by atoms with E-state index >= 15 is 0 Å². The number of aromatic nitrogens is 2. The molecule has 0 radical (unpaired) electrons. The number of H-pyrrole nitrogens is 2. The van der Waals surface area contributed by atoms with Crippen molar-refractivity contribution < 1.29 is 19.4 Å². The first-order valence-electron chi connectivity index (χ1n) is 6.36. The lowest BCUT2D eigenvalue weighted by molar-refractivity contribution is -0.152. The second-order valence-corrected chi connectivity index (χ2v) is 4.84. The van der Waals surface area contributed by atoms with Crippen LogP contribution in [-0.2, 0) is 20.7 Å². The molecule has 0 aliphatic carbocycles. The molecule has 2 rings (SSSR count). The minimum Gasteiger partial charge on any atom is -0.480 e. The van der Waals surface area contributed by atoms with Crippen LogP contribution in [0.3, 0.4) is 0 Å². The Hall–Kier alpha value is -2.42. The van der Waals surface area contributed by atoms with Crippen LogP contribution >= 0.6 is 0 Å². The lowest BCUT2D eigenvalue weighted by Crippen LogP contribution is -2.57. The van der Waals surface area contributed by atoms with Crippen LogP contribution in [0, 0.1) is 0 Å². The third-order valence-electron chi connectivity index (χ3n) is 3.30. The van der Waals surface area contributed by atoms with E-state index in [9.17, 15) is 24.3 Å². The van der Waals surface area contributed by atoms with Gasteiger partial charge >= 0.3 is 11.7 Å². The normalized spacial score (nSPS) is 17.1. The molecule has 1 aromatic rings. The van der Waals surface area contributed by atoms with Gasteiger partial charge in [-0.15, -0.1) is 0 Å². The third kappa shape index (κ3) is 3.57. The molecule has 1 aliphatic heterocycles. The SMILES string of the molecule is O=C(Cc1cc(=O)[nH]c(=O)[nH]1)NC1(C(=O)O)CCOCC1. The van der Waals surface area contributed by atoms with E-state index in [1.807, 2.05) is 4.98 Å². The summed E-state index contributed by atoms with van der Waals surface area (Å²) in [5.41, 5.74) is -2.59. The van der Waals surface area contributed by atoms with Gasteiger partial charge in [-0.3, -0.25) is 14.6 Å². The van der Waals surface area contributed by atoms with Crippen LogP contribution in [-0.4, -0.2) is 45.7 Å². The van der Waals surface area contributed by atoms with E-state index in [0.29, 0.717) is 0 Å². The van der Waals surface area contributed by atoms with Crippen LogP contribution in [0.15, 0.2) is 15.7 Å². The second kappa shape index (κ2) is 5.92. The van der Waals surface area contributed by atoms with Crippen LogP contribution in [0.4, 0.5) is 0 Å². The highest BCUT2D eigenvalue weighted by atomic mass is 16.5. The molecule has 4 N–H and O–H groups in total. The molecule has 1 saturated heterocycles. The molecule has 1 amide bonds. The highest BCUT2D eigenvalue weighted by Crippen LogP contribution is 2.21. The molecule has 21 heavy (non-hydrogen) atoms. The number of hydrogen-bond donors (Lipinski definition) is 4. The number of carbonyl (C=O) groups excluding carboxylic acids is 1. The second-order valence-electron chi connectivity index (χ2n) is 4.84. The van der Waals surface area contributed by atoms with Crippen molar-refractivity contribution in [2.24, 2.45) is 0 Å². The minimum atomic E-state index is -1.36. The fourth-order valence-corrected chi connectivity index (χ4v) is 2.21. The Balaban J connectivity index is 2.11. The summed E-state index contributed by atoms with van der Waals surface area (Å²) in [6.07, 6.45) is 0.0506. The van der Waals surface area contributed by atoms with Crippen molar-refractivity contribution >= 4 is 11.9 Å². The molecule has 0 saturated carbocycles. The molecule has 1 aromatic heterocycles. The van der Waals surface area contributed by atoms with Gasteiger partial charge in [0, 0.05) is 37.8 Å². The summed E-state index contributed by atoms with van der Waals surface area (Å²) < 4.78 is 5.10. The molecular formula is C12H15N3O6. The van der Waals surface area contributed by atoms with Crippen molar-refractivity contribution in [1.29, 1.82) is 0 Å². The fraction of sp³-hybridized carbons (Fsp3) is 0.500. The number of ether oxygens (including phenoxy) is 1. The summed E-state index contributed by atoms with van der Waals surface area (Å²) >= 11 is 0. The maximum Gasteiger partial charge on any atom is 0.329 e. The zero-order chi connectivity index (χ0) is 15.5. The third-order valence-corrected chi connectivity index (χ3v) is 3.30. The first-order chi connectivity index (χ1) is 9.91. The topological polar surface area (TPSA) is 141 Å². The van der Waals surface area contributed by atoms with Crippen molar-refractivity contribution in [3.05, 3.63) is 32.6 Å². The largest absolute Gasteiger partial charge is 0.480 e. The standard InChI is InChI=1S/C12H15N3O6/c16-8-5-7(13-11(20)14-8)6-9(17)15-12(10(18)19)1-3-21-4-2-12/h5H,1-4,6H2,(H,15,17)(H,18,19)(H2,13,14,16,20). The summed E-state index contributed by atoms with van der Waals surface area (Å²) in [7, 11) is 0. The lowest BCUT2D eigenvalue weighted by atomic mass is 9.90. The van der Waals surface area contributed by atoms with Crippen LogP contribution in [0.1, 0.15) is 18.5 Å². The number of nitrogens with one attached hydrogen (secondary N) is 3. The van der Waals surface area contributed by atoms with E-state index in [-0.39, 0.29) is 38.2 Å². The van der Waals surface area contributed by atoms with Gasteiger partial charge in [0.1, 0.15) is 5.54 Å². The summed E-state index contributed by atoms with van der Waals surface area (Å²) in [5, 5.41) is 11.8. The number of carboxylic acid groups (broad SMARTS) is 1. The molecule has 0 atom stereocenters. The van der Waals surface area contributed by atoms with Crippen molar-refractivity contribution in [3.63, 3.8) is 0 Å². The van der Waals surface area contributed by atoms with Gasteiger partial charge in [-0.25, -0.2) is 9.59 Å². The van der Waals surface area contributed by atoms with Gasteiger partial charge in [0.15, 0.2) is 0 Å². The molecule has 114 valence electrons. The summed E-state index contributed by atoms with van der Waals surface area (Å²) in [6.45, 7) is 0.489. The molecule has 0 aromatic carbocycles. The van der Waals surface area contributed by atoms with Crippen LogP contribution in [0.5, 0.6) is 0 Å². The van der Waals surface area contributed by atoms with Crippen molar-refractivity contribution in [2.75, 3.05) is 13.2 Å². The van der Waals surface area contributed by atoms with Gasteiger partial charge in [0.25, 0.3) is 5.56 Å². The minimum absolute atomic E-state index is 0.119. The van der Waals surface area contributed by atoms with Crippen LogP contribution in [0.2, 0.25) is 0 Å². The lowest BCUT2D eigenvalue weighted by Gasteiger charge is -2.33. The number of carbonyl (C=O) groups is 2. The quantitative estimate of drug-likeness (QED) is 0.525. The number of rotatable bonds is 4. The molecule has 0 unspecified atom stereocenters. The van der Waals surface area contributed by atoms with Gasteiger partial charge in [0.2, 0.25) is 5.91 Å². The average Bonchev–Trinajstić information content (AvgIpc) is 2.37. The van der Waals surface area contributed by atoms with E-state index in [4.69, 9.17) is 4.74 Å². The van der Waals surface area contributed by atoms with Gasteiger partial charge in [-0.1, -0.05) is 0 Å². The molecule has 9 heteroatoms. The first-order valence-corrected chi connectivity index (χ1v) is 6.36. The Labute approximate surface area is 118 Å². The van der Waals surface area contributed by atoms with Crippen molar-refractivity contribution in [2.45, 2.75) is 24.8 Å². The highest BCUT2D eigenvalue weighted by molar-refractivity contribution is 5.87. The van der Waals surface area contributed by atoms with Gasteiger partial charge in [0.05, 0.1) is 6.42 Å². The van der Waals surface area contributed by atoms with E-state index in [2.05, 4.69) is 10.3 Å². The van der Waals surface area contributed by atoms with Crippen molar-refractivity contribution in [3.8, 4) is 0 Å². The number of hydrogen-bond acceptors (Lipinski definition) is 5. The zero-order valence-corrected chi connectivity index (χ0v) is 11.1. The van der Waals surface area contributed by atoms with Crippen LogP contribution < -0.4 is 16.6 Å². The fourth-order valence-electron chi connectivity index (χ4n) is 2.21. The molecule has 0 spiro atoms. The van der Waals surface area contributed by atoms with E-state index < -0.39 is 28.7 Å². The van der Waals surface area contributed by atoms with Gasteiger partial charge < -0.3 is 20.1 Å². The van der Waals surface area contributed by atoms with E-state index in [0.717, 1.165) is 6.07 Å². The molecule has 2 heterocycles. The predicted molar refractivity (Wildman–Crippen MR) is 69.9 cm³/mol. The summed E-state index contributed by atoms with van der Waals surface area (Å²) in [5.74, 6) is -1.71. The molecule has 1 aliphatic rings. The molecular weight excluding hydrogens is 282 g/mol. The molecule has 1 fully saturated rings. The smallest absolute Gasteiger partial charge is 0.329 e. The zero-order valence-electron chi connectivity index (χ0n) is 11.1. The van der Waals surface area contributed by atoms with Gasteiger partial charge in [-0.2, -0.15) is 0 Å².